The van der Waals surface area contributed by atoms with Gasteiger partial charge in [-0.15, -0.1) is 0 Å². The lowest BCUT2D eigenvalue weighted by molar-refractivity contribution is -0.184. The molecule has 0 bridgehead atoms. The molecule has 0 radical (unpaired) electrons. The second-order valence-electron chi connectivity index (χ2n) is 8.52. The van der Waals surface area contributed by atoms with Crippen LogP contribution in [0.2, 0.25) is 0 Å². The highest BCUT2D eigenvalue weighted by molar-refractivity contribution is 9.10. The van der Waals surface area contributed by atoms with Gasteiger partial charge >= 0.3 is 31.5 Å². The normalized spacial score (nSPS) is 12.9. The molecule has 1 N–H and O–H groups in total. The van der Waals surface area contributed by atoms with Gasteiger partial charge in [0.05, 0.1) is 10.8 Å². The Hall–Kier alpha value is -2.06. The minimum Gasteiger partial charge on any atom is -0.383 e. The number of esters is 2. The molecule has 0 aliphatic carbocycles. The van der Waals surface area contributed by atoms with Gasteiger partial charge in [0.15, 0.2) is 4.47 Å². The third-order valence-corrected chi connectivity index (χ3v) is 6.20. The number of aromatic nitrogens is 2. The number of allylic oxidation sites excluding steroid dienone is 2. The lowest BCUT2D eigenvalue weighted by atomic mass is 9.97. The molecule has 1 aromatic rings. The predicted octanol–water partition coefficient (Wildman–Crippen LogP) is 2.79. The van der Waals surface area contributed by atoms with Crippen LogP contribution in [0.3, 0.4) is 0 Å². The third-order valence-electron chi connectivity index (χ3n) is 3.68. The predicted molar refractivity (Wildman–Crippen MR) is 116 cm³/mol. The number of nitrogens with one attached hydrogen (secondary N) is 1. The van der Waals surface area contributed by atoms with Gasteiger partial charge in [0.1, 0.15) is 0 Å². The Balaban J connectivity index is 3.59. The van der Waals surface area contributed by atoms with Gasteiger partial charge in [-0.3, -0.25) is 23.9 Å². The van der Waals surface area contributed by atoms with Crippen LogP contribution in [0, 0.1) is 10.8 Å². The molecule has 166 valence electrons. The molecule has 11 heteroatoms. The number of hydrogen-bond donors (Lipinski definition) is 1. The molecule has 0 aliphatic rings. The number of hydrogen-bond acceptors (Lipinski definition) is 7. The van der Waals surface area contributed by atoms with E-state index in [0.29, 0.717) is 0 Å². The van der Waals surface area contributed by atoms with Crippen LogP contribution in [-0.4, -0.2) is 27.5 Å². The maximum Gasteiger partial charge on any atom is 0.487 e. The summed E-state index contributed by atoms with van der Waals surface area (Å²) in [6, 6.07) is -1.83. The molecule has 0 aliphatic heterocycles. The minimum absolute atomic E-state index is 0.00568. The second-order valence-corrected chi connectivity index (χ2v) is 10.8. The lowest BCUT2D eigenvalue weighted by Gasteiger charge is -2.21. The zero-order valence-corrected chi connectivity index (χ0v) is 20.5. The average Bonchev–Trinajstić information content (AvgIpc) is 2.60. The zero-order valence-electron chi connectivity index (χ0n) is 18.1. The van der Waals surface area contributed by atoms with E-state index >= 15 is 0 Å². The summed E-state index contributed by atoms with van der Waals surface area (Å²) < 4.78 is 24.8. The summed E-state index contributed by atoms with van der Waals surface area (Å²) in [7, 11) is -2.86. The first kappa shape index (κ1) is 26.0. The molecule has 0 saturated carbocycles. The monoisotopic (exact) mass is 505 g/mol. The van der Waals surface area contributed by atoms with Gasteiger partial charge in [0, 0.05) is 6.54 Å². The van der Waals surface area contributed by atoms with Crippen LogP contribution in [0.15, 0.2) is 26.2 Å². The summed E-state index contributed by atoms with van der Waals surface area (Å²) in [5.41, 5.74) is -3.79. The van der Waals surface area contributed by atoms with Gasteiger partial charge in [-0.25, -0.2) is 4.79 Å². The van der Waals surface area contributed by atoms with Crippen LogP contribution in [-0.2, 0) is 30.2 Å². The molecule has 9 nitrogen and oxygen atoms in total. The lowest BCUT2D eigenvalue weighted by Crippen LogP contribution is -2.42. The summed E-state index contributed by atoms with van der Waals surface area (Å²) in [6.45, 7) is 11.2. The van der Waals surface area contributed by atoms with Crippen LogP contribution in [0.1, 0.15) is 48.5 Å². The number of carbonyl (C=O) groups excluding carboxylic acids is 2. The first-order valence-corrected chi connectivity index (χ1v) is 11.3. The van der Waals surface area contributed by atoms with Crippen LogP contribution in [0.5, 0.6) is 0 Å². The Labute approximate surface area is 183 Å². The molecule has 0 amide bonds. The van der Waals surface area contributed by atoms with E-state index in [0.717, 1.165) is 4.57 Å². The summed E-state index contributed by atoms with van der Waals surface area (Å²) >= 11 is 3.05. The molecule has 0 saturated heterocycles. The molecule has 1 unspecified atom stereocenters. The van der Waals surface area contributed by atoms with Crippen molar-refractivity contribution < 1.29 is 23.6 Å². The molecule has 0 aromatic carbocycles. The Morgan fingerprint density at radius 1 is 1.10 bits per heavy atom. The Morgan fingerprint density at radius 3 is 1.97 bits per heavy atom. The maximum atomic E-state index is 13.4. The number of nitrogens with zero attached hydrogens (tertiary/aromatic N) is 1. The number of halogens is 1. The molecular formula is C19H27BrN2O7P+. The van der Waals surface area contributed by atoms with Crippen LogP contribution in [0.4, 0.5) is 0 Å². The number of rotatable bonds is 6. The van der Waals surface area contributed by atoms with E-state index in [4.69, 9.17) is 9.47 Å². The van der Waals surface area contributed by atoms with Crippen molar-refractivity contribution in [1.82, 2.24) is 9.55 Å². The largest absolute Gasteiger partial charge is 0.487 e. The quantitative estimate of drug-likeness (QED) is 0.272. The van der Waals surface area contributed by atoms with Crippen molar-refractivity contribution in [3.8, 4) is 0 Å². The van der Waals surface area contributed by atoms with Gasteiger partial charge in [0.2, 0.25) is 0 Å². The van der Waals surface area contributed by atoms with Crippen molar-refractivity contribution in [3.05, 3.63) is 37.5 Å². The van der Waals surface area contributed by atoms with Crippen molar-refractivity contribution in [2.24, 2.45) is 10.8 Å². The summed E-state index contributed by atoms with van der Waals surface area (Å²) in [6.07, 6.45) is 3.27. The smallest absolute Gasteiger partial charge is 0.383 e. The van der Waals surface area contributed by atoms with Gasteiger partial charge < -0.3 is 9.47 Å². The van der Waals surface area contributed by atoms with Gasteiger partial charge in [-0.2, -0.15) is 0 Å². The Bertz CT molecular complexity index is 953. The number of carbonyl (C=O) groups is 2. The summed E-state index contributed by atoms with van der Waals surface area (Å²) in [4.78, 5) is 51.4. The van der Waals surface area contributed by atoms with Gasteiger partial charge in [-0.05, 0) is 64.4 Å². The Morgan fingerprint density at radius 2 is 1.57 bits per heavy atom. The maximum absolute atomic E-state index is 13.4. The van der Waals surface area contributed by atoms with E-state index in [2.05, 4.69) is 20.9 Å². The molecule has 1 aromatic heterocycles. The van der Waals surface area contributed by atoms with E-state index in [1.54, 1.807) is 60.6 Å². The van der Waals surface area contributed by atoms with Gasteiger partial charge in [-0.1, -0.05) is 16.7 Å². The van der Waals surface area contributed by atoms with E-state index in [9.17, 15) is 23.7 Å². The number of aromatic amines is 1. The minimum atomic E-state index is -2.86. The highest BCUT2D eigenvalue weighted by atomic mass is 79.9. The summed E-state index contributed by atoms with van der Waals surface area (Å²) in [5, 5.41) is 0. The molecule has 0 fully saturated rings. The Kier molecular flexibility index (Phi) is 8.51. The van der Waals surface area contributed by atoms with Crippen molar-refractivity contribution in [1.29, 1.82) is 0 Å². The highest BCUT2D eigenvalue weighted by Gasteiger charge is 2.47. The average molecular weight is 506 g/mol. The molecule has 1 atom stereocenters. The second kappa shape index (κ2) is 9.83. The molecule has 1 rings (SSSR count). The van der Waals surface area contributed by atoms with Crippen LogP contribution in [0.25, 0.3) is 0 Å². The fourth-order valence-corrected chi connectivity index (χ4v) is 4.01. The SMILES string of the molecule is CC=CCn1c([P+](=O)C(OC(=O)C(C)(C)C)OC(=O)C(C)(C)C)c(Br)c(=O)[nH]c1=O. The standard InChI is InChI=1S/C19H26BrN2O7P/c1-8-9-10-22-13(11(20)12(23)21-16(22)26)30(27)17(28-14(24)18(2,3)4)29-15(25)19(5,6)7/h8-9,17H,10H2,1-7H3/p+1. The number of ether oxygens (including phenoxy) is 2. The van der Waals surface area contributed by atoms with E-state index < -0.39 is 47.8 Å². The van der Waals surface area contributed by atoms with Gasteiger partial charge in [0.25, 0.3) is 11.0 Å². The van der Waals surface area contributed by atoms with Crippen molar-refractivity contribution in [2.75, 3.05) is 0 Å². The van der Waals surface area contributed by atoms with E-state index in [1.165, 1.54) is 0 Å². The van der Waals surface area contributed by atoms with E-state index in [-0.39, 0.29) is 16.5 Å². The van der Waals surface area contributed by atoms with Crippen LogP contribution >= 0.6 is 23.7 Å². The summed E-state index contributed by atoms with van der Waals surface area (Å²) in [5.74, 6) is -1.53. The third kappa shape index (κ3) is 6.47. The number of H-pyrrole nitrogens is 1. The fourth-order valence-electron chi connectivity index (χ4n) is 1.89. The topological polar surface area (TPSA) is 125 Å². The molecular weight excluding hydrogens is 479 g/mol. The first-order valence-electron chi connectivity index (χ1n) is 9.13. The van der Waals surface area contributed by atoms with Crippen molar-refractivity contribution in [3.63, 3.8) is 0 Å². The fraction of sp³-hybridized carbons (Fsp3) is 0.579. The van der Waals surface area contributed by atoms with Crippen molar-refractivity contribution >= 4 is 41.1 Å². The first-order chi connectivity index (χ1) is 13.6. The molecule has 0 spiro atoms. The van der Waals surface area contributed by atoms with E-state index in [1.807, 2.05) is 0 Å². The van der Waals surface area contributed by atoms with Crippen LogP contribution < -0.4 is 16.7 Å². The highest BCUT2D eigenvalue weighted by Crippen LogP contribution is 2.34. The molecule has 30 heavy (non-hydrogen) atoms. The van der Waals surface area contributed by atoms with Crippen molar-refractivity contribution in [2.45, 2.75) is 61.0 Å². The molecule has 1 heterocycles. The zero-order chi connectivity index (χ0) is 23.4.